The molecule has 0 spiro atoms. The molecule has 2 aromatic rings. The first-order valence-corrected chi connectivity index (χ1v) is 7.91. The van der Waals surface area contributed by atoms with E-state index in [2.05, 4.69) is 14.7 Å². The van der Waals surface area contributed by atoms with Gasteiger partial charge in [-0.2, -0.15) is 0 Å². The number of Topliss-reactive ketones (excluding diaryl/α,β-unsaturated/α-hetero) is 2. The summed E-state index contributed by atoms with van der Waals surface area (Å²) in [5.74, 6) is -6.25. The molecular formula is C18H14N2O8. The lowest BCUT2D eigenvalue weighted by atomic mass is 9.79. The number of aliphatic hydroxyl groups is 4. The van der Waals surface area contributed by atoms with E-state index in [9.17, 15) is 34.8 Å². The first-order chi connectivity index (χ1) is 13.3. The second-order valence-electron chi connectivity index (χ2n) is 5.92. The summed E-state index contributed by atoms with van der Waals surface area (Å²) in [4.78, 5) is 44.6. The van der Waals surface area contributed by atoms with E-state index in [0.29, 0.717) is 0 Å². The summed E-state index contributed by atoms with van der Waals surface area (Å²) < 4.78 is 4.67. The molecule has 3 rings (SSSR count). The highest BCUT2D eigenvalue weighted by molar-refractivity contribution is 6.10. The van der Waals surface area contributed by atoms with Gasteiger partial charge in [-0.15, -0.1) is 0 Å². The van der Waals surface area contributed by atoms with Crippen LogP contribution in [0.5, 0.6) is 0 Å². The first kappa shape index (κ1) is 19.1. The Bertz CT molecular complexity index is 960. The average molecular weight is 386 g/mol. The minimum Gasteiger partial charge on any atom is -0.505 e. The Kier molecular flexibility index (Phi) is 4.91. The van der Waals surface area contributed by atoms with E-state index in [1.165, 1.54) is 36.7 Å². The Hall–Kier alpha value is -3.63. The maximum Gasteiger partial charge on any atom is 0.378 e. The SMILES string of the molecule is O=C1O[C@H]([C@](O)(C(=O)c2cccnc2)C(O)C(=O)c2cccnc2)C(O)=C1O. The van der Waals surface area contributed by atoms with Crippen LogP contribution in [-0.2, 0) is 9.53 Å². The maximum atomic E-state index is 13.0. The van der Waals surface area contributed by atoms with Crippen LogP contribution >= 0.6 is 0 Å². The number of carbonyl (C=O) groups excluding carboxylic acids is 3. The first-order valence-electron chi connectivity index (χ1n) is 7.91. The van der Waals surface area contributed by atoms with Crippen molar-refractivity contribution in [1.82, 2.24) is 9.97 Å². The summed E-state index contributed by atoms with van der Waals surface area (Å²) in [7, 11) is 0. The van der Waals surface area contributed by atoms with Crippen molar-refractivity contribution in [3.8, 4) is 0 Å². The molecule has 144 valence electrons. The number of nitrogens with zero attached hydrogens (tertiary/aromatic N) is 2. The zero-order chi connectivity index (χ0) is 20.5. The standard InChI is InChI=1S/C18H14N2O8/c21-11(9-3-1-5-19-7-9)15(25)18(27,14(24)10-4-2-6-20-8-10)16-12(22)13(23)17(26)28-16/h1-8,15-16,22-23,25,27H/t15?,16-,18-/m0/s1. The second-order valence-corrected chi connectivity index (χ2v) is 5.92. The third-order valence-electron chi connectivity index (χ3n) is 4.21. The quantitative estimate of drug-likeness (QED) is 0.388. The molecule has 10 heteroatoms. The van der Waals surface area contributed by atoms with Gasteiger partial charge in [0.1, 0.15) is 0 Å². The average Bonchev–Trinajstić information content (AvgIpc) is 3.00. The number of aliphatic hydroxyl groups excluding tert-OH is 3. The number of aromatic nitrogens is 2. The number of hydrogen-bond donors (Lipinski definition) is 4. The molecule has 3 atom stereocenters. The third-order valence-corrected chi connectivity index (χ3v) is 4.21. The van der Waals surface area contributed by atoms with Crippen molar-refractivity contribution in [2.24, 2.45) is 0 Å². The van der Waals surface area contributed by atoms with Crippen LogP contribution in [0.15, 0.2) is 60.6 Å². The number of rotatable bonds is 6. The van der Waals surface area contributed by atoms with Gasteiger partial charge in [0, 0.05) is 35.9 Å². The number of ether oxygens (including phenoxy) is 1. The largest absolute Gasteiger partial charge is 0.505 e. The van der Waals surface area contributed by atoms with E-state index in [4.69, 9.17) is 0 Å². The van der Waals surface area contributed by atoms with E-state index >= 15 is 0 Å². The van der Waals surface area contributed by atoms with Crippen molar-refractivity contribution in [2.75, 3.05) is 0 Å². The van der Waals surface area contributed by atoms with E-state index in [1.807, 2.05) is 0 Å². The van der Waals surface area contributed by atoms with Crippen LogP contribution in [0.1, 0.15) is 20.7 Å². The highest BCUT2D eigenvalue weighted by Gasteiger charge is 2.60. The van der Waals surface area contributed by atoms with Gasteiger partial charge in [-0.05, 0) is 24.3 Å². The van der Waals surface area contributed by atoms with E-state index < -0.39 is 46.9 Å². The lowest BCUT2D eigenvalue weighted by Crippen LogP contribution is -2.61. The van der Waals surface area contributed by atoms with Gasteiger partial charge in [0.2, 0.25) is 23.2 Å². The van der Waals surface area contributed by atoms with Crippen LogP contribution < -0.4 is 0 Å². The van der Waals surface area contributed by atoms with Crippen LogP contribution in [0, 0.1) is 0 Å². The lowest BCUT2D eigenvalue weighted by molar-refractivity contribution is -0.157. The molecule has 4 N–H and O–H groups in total. The fourth-order valence-electron chi connectivity index (χ4n) is 2.73. The molecule has 10 nitrogen and oxygen atoms in total. The summed E-state index contributed by atoms with van der Waals surface area (Å²) in [6.07, 6.45) is 0.145. The second kappa shape index (κ2) is 7.18. The highest BCUT2D eigenvalue weighted by Crippen LogP contribution is 2.34. The number of esters is 1. The Labute approximate surface area is 157 Å². The monoisotopic (exact) mass is 386 g/mol. The molecule has 0 aliphatic carbocycles. The fourth-order valence-corrected chi connectivity index (χ4v) is 2.73. The maximum absolute atomic E-state index is 13.0. The molecule has 0 saturated heterocycles. The van der Waals surface area contributed by atoms with Gasteiger partial charge in [-0.25, -0.2) is 4.79 Å². The van der Waals surface area contributed by atoms with Crippen LogP contribution in [0.25, 0.3) is 0 Å². The molecule has 1 unspecified atom stereocenters. The number of cyclic esters (lactones) is 1. The molecule has 0 aromatic carbocycles. The molecule has 1 aliphatic rings. The summed E-state index contributed by atoms with van der Waals surface area (Å²) in [6.45, 7) is 0. The van der Waals surface area contributed by atoms with Crippen molar-refractivity contribution in [3.05, 3.63) is 71.7 Å². The number of pyridine rings is 2. The highest BCUT2D eigenvalue weighted by atomic mass is 16.6. The van der Waals surface area contributed by atoms with Gasteiger partial charge in [0.25, 0.3) is 0 Å². The van der Waals surface area contributed by atoms with Crippen LogP contribution in [0.2, 0.25) is 0 Å². The smallest absolute Gasteiger partial charge is 0.378 e. The zero-order valence-corrected chi connectivity index (χ0v) is 14.1. The van der Waals surface area contributed by atoms with Gasteiger partial charge in [-0.1, -0.05) is 0 Å². The van der Waals surface area contributed by atoms with Gasteiger partial charge < -0.3 is 25.2 Å². The summed E-state index contributed by atoms with van der Waals surface area (Å²) in [6, 6.07) is 5.26. The minimum absolute atomic E-state index is 0.149. The molecule has 0 bridgehead atoms. The molecule has 1 aliphatic heterocycles. The Morgan fingerprint density at radius 3 is 2.11 bits per heavy atom. The van der Waals surface area contributed by atoms with Gasteiger partial charge >= 0.3 is 5.97 Å². The van der Waals surface area contributed by atoms with Crippen LogP contribution in [0.4, 0.5) is 0 Å². The van der Waals surface area contributed by atoms with E-state index in [-0.39, 0.29) is 11.1 Å². The molecule has 0 saturated carbocycles. The third kappa shape index (κ3) is 3.00. The van der Waals surface area contributed by atoms with Crippen LogP contribution in [0.3, 0.4) is 0 Å². The predicted octanol–water partition coefficient (Wildman–Crippen LogP) is -0.113. The Balaban J connectivity index is 2.11. The summed E-state index contributed by atoms with van der Waals surface area (Å²) in [5.41, 5.74) is -3.54. The van der Waals surface area contributed by atoms with Gasteiger partial charge in [-0.3, -0.25) is 19.6 Å². The molecule has 28 heavy (non-hydrogen) atoms. The molecule has 0 radical (unpaired) electrons. The molecule has 2 aromatic heterocycles. The number of carbonyl (C=O) groups is 3. The molecule has 3 heterocycles. The number of hydrogen-bond acceptors (Lipinski definition) is 10. The topological polar surface area (TPSA) is 167 Å². The van der Waals surface area contributed by atoms with Crippen molar-refractivity contribution < 1.29 is 39.5 Å². The lowest BCUT2D eigenvalue weighted by Gasteiger charge is -2.34. The Morgan fingerprint density at radius 2 is 1.64 bits per heavy atom. The van der Waals surface area contributed by atoms with Gasteiger partial charge in [0.05, 0.1) is 0 Å². The summed E-state index contributed by atoms with van der Waals surface area (Å²) in [5, 5.41) is 41.2. The summed E-state index contributed by atoms with van der Waals surface area (Å²) >= 11 is 0. The van der Waals surface area contributed by atoms with Crippen molar-refractivity contribution in [1.29, 1.82) is 0 Å². The Morgan fingerprint density at radius 1 is 1.07 bits per heavy atom. The zero-order valence-electron chi connectivity index (χ0n) is 14.1. The fraction of sp³-hybridized carbons (Fsp3) is 0.167. The van der Waals surface area contributed by atoms with Gasteiger partial charge in [0.15, 0.2) is 17.6 Å². The minimum atomic E-state index is -3.15. The molecular weight excluding hydrogens is 372 g/mol. The van der Waals surface area contributed by atoms with E-state index in [0.717, 1.165) is 12.4 Å². The molecule has 0 fully saturated rings. The van der Waals surface area contributed by atoms with Crippen LogP contribution in [-0.4, -0.2) is 65.7 Å². The normalized spacial score (nSPS) is 19.6. The van der Waals surface area contributed by atoms with Crippen molar-refractivity contribution in [2.45, 2.75) is 17.8 Å². The van der Waals surface area contributed by atoms with E-state index in [1.54, 1.807) is 0 Å². The predicted molar refractivity (Wildman–Crippen MR) is 90.3 cm³/mol. The molecule has 0 amide bonds. The number of ketones is 2. The van der Waals surface area contributed by atoms with Crippen molar-refractivity contribution in [3.63, 3.8) is 0 Å². The van der Waals surface area contributed by atoms with Crippen molar-refractivity contribution >= 4 is 17.5 Å².